The lowest BCUT2D eigenvalue weighted by atomic mass is 10.1. The molecule has 0 radical (unpaired) electrons. The number of nitrogens with two attached hydrogens (primary N) is 1. The maximum Gasteiger partial charge on any atom is 0.221 e. The van der Waals surface area contributed by atoms with Gasteiger partial charge in [-0.15, -0.1) is 11.8 Å². The fraction of sp³-hybridized carbons (Fsp3) is 0.182. The Labute approximate surface area is 102 Å². The molecule has 6 heteroatoms. The number of furan rings is 1. The third kappa shape index (κ3) is 2.31. The third-order valence-corrected chi connectivity index (χ3v) is 2.95. The van der Waals surface area contributed by atoms with Crippen LogP contribution in [-0.4, -0.2) is 22.5 Å². The van der Waals surface area contributed by atoms with Gasteiger partial charge < -0.3 is 14.9 Å². The van der Waals surface area contributed by atoms with E-state index < -0.39 is 0 Å². The second-order valence-corrected chi connectivity index (χ2v) is 4.06. The van der Waals surface area contributed by atoms with E-state index in [1.54, 1.807) is 18.4 Å². The lowest BCUT2D eigenvalue weighted by Gasteiger charge is -2.08. The van der Waals surface area contributed by atoms with Gasteiger partial charge in [0.25, 0.3) is 0 Å². The Hall–Kier alpha value is -1.82. The Morgan fingerprint density at radius 1 is 1.53 bits per heavy atom. The molecule has 0 spiro atoms. The molecule has 88 valence electrons. The summed E-state index contributed by atoms with van der Waals surface area (Å²) in [6, 6.07) is 3.54. The van der Waals surface area contributed by atoms with Crippen LogP contribution >= 0.6 is 11.8 Å². The van der Waals surface area contributed by atoms with Crippen LogP contribution in [0.15, 0.2) is 27.8 Å². The third-order valence-electron chi connectivity index (χ3n) is 2.22. The molecule has 0 aliphatic rings. The minimum atomic E-state index is 0.176. The van der Waals surface area contributed by atoms with Gasteiger partial charge in [0.2, 0.25) is 5.95 Å². The van der Waals surface area contributed by atoms with E-state index in [0.29, 0.717) is 16.5 Å². The number of nitrogen functional groups attached to an aromatic ring is 1. The van der Waals surface area contributed by atoms with E-state index in [1.165, 1.54) is 11.8 Å². The van der Waals surface area contributed by atoms with Crippen molar-refractivity contribution in [1.82, 2.24) is 9.97 Å². The number of anilines is 1. The summed E-state index contributed by atoms with van der Waals surface area (Å²) in [7, 11) is 0. The molecule has 2 aromatic rings. The highest BCUT2D eigenvalue weighted by molar-refractivity contribution is 7.98. The zero-order chi connectivity index (χ0) is 12.3. The van der Waals surface area contributed by atoms with Crippen LogP contribution in [0.25, 0.3) is 11.5 Å². The smallest absolute Gasteiger partial charge is 0.221 e. The number of aromatic nitrogens is 2. The van der Waals surface area contributed by atoms with Crippen molar-refractivity contribution in [3.8, 4) is 11.5 Å². The standard InChI is InChI=1S/C11H11N3O2S/c1-17-10-7(4-5-15)9(13-11(12)14-10)8-3-2-6-16-8/h2-3,5-6H,4H2,1H3,(H2,12,13,14). The highest BCUT2D eigenvalue weighted by Crippen LogP contribution is 2.29. The second kappa shape index (κ2) is 5.01. The molecule has 0 bridgehead atoms. The molecule has 0 aliphatic carbocycles. The van der Waals surface area contributed by atoms with Crippen LogP contribution in [0.3, 0.4) is 0 Å². The average molecular weight is 249 g/mol. The van der Waals surface area contributed by atoms with Crippen LogP contribution in [-0.2, 0) is 11.2 Å². The first kappa shape index (κ1) is 11.7. The van der Waals surface area contributed by atoms with Crippen LogP contribution in [0, 0.1) is 0 Å². The number of carbonyl (C=O) groups excluding carboxylic acids is 1. The average Bonchev–Trinajstić information content (AvgIpc) is 2.84. The zero-order valence-electron chi connectivity index (χ0n) is 9.21. The summed E-state index contributed by atoms with van der Waals surface area (Å²) in [5.74, 6) is 0.765. The molecule has 2 rings (SSSR count). The molecule has 0 aliphatic heterocycles. The molecule has 0 unspecified atom stereocenters. The zero-order valence-corrected chi connectivity index (χ0v) is 10.0. The number of rotatable bonds is 4. The van der Waals surface area contributed by atoms with Gasteiger partial charge in [-0.2, -0.15) is 0 Å². The molecule has 0 atom stereocenters. The highest BCUT2D eigenvalue weighted by atomic mass is 32.2. The van der Waals surface area contributed by atoms with Gasteiger partial charge in [0.05, 0.1) is 6.26 Å². The first-order valence-electron chi connectivity index (χ1n) is 4.94. The SMILES string of the molecule is CSc1nc(N)nc(-c2ccco2)c1CC=O. The lowest BCUT2D eigenvalue weighted by Crippen LogP contribution is -2.04. The van der Waals surface area contributed by atoms with E-state index in [2.05, 4.69) is 9.97 Å². The molecule has 0 fully saturated rings. The molecular weight excluding hydrogens is 238 g/mol. The summed E-state index contributed by atoms with van der Waals surface area (Å²) >= 11 is 1.43. The number of nitrogens with zero attached hydrogens (tertiary/aromatic N) is 2. The van der Waals surface area contributed by atoms with Crippen molar-refractivity contribution in [3.63, 3.8) is 0 Å². The summed E-state index contributed by atoms with van der Waals surface area (Å²) < 4.78 is 5.29. The van der Waals surface area contributed by atoms with Crippen molar-refractivity contribution in [1.29, 1.82) is 0 Å². The summed E-state index contributed by atoms with van der Waals surface area (Å²) in [6.45, 7) is 0. The Balaban J connectivity index is 2.63. The lowest BCUT2D eigenvalue weighted by molar-refractivity contribution is -0.107. The van der Waals surface area contributed by atoms with Crippen molar-refractivity contribution < 1.29 is 9.21 Å². The summed E-state index contributed by atoms with van der Waals surface area (Å²) in [5.41, 5.74) is 6.97. The number of hydrogen-bond donors (Lipinski definition) is 1. The minimum absolute atomic E-state index is 0.176. The predicted molar refractivity (Wildman–Crippen MR) is 65.7 cm³/mol. The van der Waals surface area contributed by atoms with Crippen LogP contribution in [0.2, 0.25) is 0 Å². The van der Waals surface area contributed by atoms with Crippen LogP contribution < -0.4 is 5.73 Å². The Kier molecular flexibility index (Phi) is 3.43. The maximum absolute atomic E-state index is 10.7. The normalized spacial score (nSPS) is 10.4. The molecule has 17 heavy (non-hydrogen) atoms. The van der Waals surface area contributed by atoms with Crippen molar-refractivity contribution >= 4 is 24.0 Å². The van der Waals surface area contributed by atoms with Gasteiger partial charge in [0.15, 0.2) is 5.76 Å². The Bertz CT molecular complexity index is 526. The van der Waals surface area contributed by atoms with E-state index in [9.17, 15) is 4.79 Å². The number of carbonyl (C=O) groups is 1. The quantitative estimate of drug-likeness (QED) is 0.505. The molecule has 0 saturated carbocycles. The van der Waals surface area contributed by atoms with Crippen molar-refractivity contribution in [2.75, 3.05) is 12.0 Å². The van der Waals surface area contributed by atoms with Crippen LogP contribution in [0.5, 0.6) is 0 Å². The van der Waals surface area contributed by atoms with Crippen LogP contribution in [0.4, 0.5) is 5.95 Å². The predicted octanol–water partition coefficient (Wildman–Crippen LogP) is 1.78. The second-order valence-electron chi connectivity index (χ2n) is 3.27. The monoisotopic (exact) mass is 249 g/mol. The van der Waals surface area contributed by atoms with Gasteiger partial charge in [-0.1, -0.05) is 0 Å². The van der Waals surface area contributed by atoms with E-state index in [1.807, 2.05) is 6.26 Å². The minimum Gasteiger partial charge on any atom is -0.463 e. The molecule has 0 aromatic carbocycles. The number of hydrogen-bond acceptors (Lipinski definition) is 6. The Morgan fingerprint density at radius 2 is 2.35 bits per heavy atom. The molecule has 5 nitrogen and oxygen atoms in total. The molecule has 0 saturated heterocycles. The van der Waals surface area contributed by atoms with Crippen molar-refractivity contribution in [2.45, 2.75) is 11.4 Å². The van der Waals surface area contributed by atoms with Gasteiger partial charge in [0, 0.05) is 12.0 Å². The molecule has 2 heterocycles. The Morgan fingerprint density at radius 3 is 2.94 bits per heavy atom. The molecule has 2 N–H and O–H groups in total. The fourth-order valence-corrected chi connectivity index (χ4v) is 2.14. The van der Waals surface area contributed by atoms with Crippen LogP contribution in [0.1, 0.15) is 5.56 Å². The highest BCUT2D eigenvalue weighted by Gasteiger charge is 2.15. The molecule has 2 aromatic heterocycles. The van der Waals surface area contributed by atoms with E-state index in [4.69, 9.17) is 10.2 Å². The summed E-state index contributed by atoms with van der Waals surface area (Å²) in [4.78, 5) is 19.0. The van der Waals surface area contributed by atoms with Gasteiger partial charge >= 0.3 is 0 Å². The first-order valence-corrected chi connectivity index (χ1v) is 6.16. The van der Waals surface area contributed by atoms with Gasteiger partial charge in [-0.05, 0) is 18.4 Å². The van der Waals surface area contributed by atoms with E-state index in [0.717, 1.165) is 11.8 Å². The van der Waals surface area contributed by atoms with E-state index in [-0.39, 0.29) is 12.4 Å². The summed E-state index contributed by atoms with van der Waals surface area (Å²) in [5, 5.41) is 0.705. The van der Waals surface area contributed by atoms with Gasteiger partial charge in [-0.25, -0.2) is 9.97 Å². The largest absolute Gasteiger partial charge is 0.463 e. The molecular formula is C11H11N3O2S. The fourth-order valence-electron chi connectivity index (χ4n) is 1.53. The maximum atomic E-state index is 10.7. The first-order chi connectivity index (χ1) is 8.26. The molecule has 0 amide bonds. The van der Waals surface area contributed by atoms with Gasteiger partial charge in [0.1, 0.15) is 17.0 Å². The van der Waals surface area contributed by atoms with Gasteiger partial charge in [-0.3, -0.25) is 0 Å². The van der Waals surface area contributed by atoms with E-state index >= 15 is 0 Å². The number of thioether (sulfide) groups is 1. The van der Waals surface area contributed by atoms with Crippen molar-refractivity contribution in [3.05, 3.63) is 24.0 Å². The number of aldehydes is 1. The van der Waals surface area contributed by atoms with Crippen molar-refractivity contribution in [2.24, 2.45) is 0 Å². The topological polar surface area (TPSA) is 82.0 Å². The summed E-state index contributed by atoms with van der Waals surface area (Å²) in [6.07, 6.45) is 4.49.